The van der Waals surface area contributed by atoms with E-state index in [2.05, 4.69) is 242 Å². The first-order chi connectivity index (χ1) is 31.2. The van der Waals surface area contributed by atoms with Crippen LogP contribution in [0.1, 0.15) is 0 Å². The maximum Gasteiger partial charge on any atom is -0.0174 e. The van der Waals surface area contributed by atoms with Crippen molar-refractivity contribution in [1.29, 1.82) is 0 Å². The zero-order valence-electron chi connectivity index (χ0n) is 37.2. The predicted octanol–water partition coefficient (Wildman–Crippen LogP) is 12.7. The Morgan fingerprint density at radius 2 is 0.515 bits per heavy atom. The summed E-state index contributed by atoms with van der Waals surface area (Å²) >= 11 is 10.6. The Kier molecular flexibility index (Phi) is 22.7. The second kappa shape index (κ2) is 27.8. The largest absolute Gasteiger partial charge is 1.00 e. The summed E-state index contributed by atoms with van der Waals surface area (Å²) in [5.74, 6) is 0. The fourth-order valence-electron chi connectivity index (χ4n) is 6.94. The van der Waals surface area contributed by atoms with Crippen molar-refractivity contribution in [3.63, 3.8) is 0 Å². The van der Waals surface area contributed by atoms with E-state index in [0.29, 0.717) is 0 Å². The average Bonchev–Trinajstić information content (AvgIpc) is 4.16. The molecule has 0 saturated heterocycles. The molecule has 0 nitrogen and oxygen atoms in total. The molecule has 12 rings (SSSR count). The summed E-state index contributed by atoms with van der Waals surface area (Å²) in [6.07, 6.45) is 0. The summed E-state index contributed by atoms with van der Waals surface area (Å²) in [6.45, 7) is 9.23. The van der Waals surface area contributed by atoms with Gasteiger partial charge in [0.25, 0.3) is 0 Å². The van der Waals surface area contributed by atoms with Crippen molar-refractivity contribution >= 4 is 99.3 Å². The van der Waals surface area contributed by atoms with E-state index in [1.165, 1.54) is 84.9 Å². The number of thiophene rings is 4. The minimum absolute atomic E-state index is 0. The van der Waals surface area contributed by atoms with Gasteiger partial charge in [0, 0.05) is 0 Å². The van der Waals surface area contributed by atoms with Gasteiger partial charge in [0.1, 0.15) is 0 Å². The van der Waals surface area contributed by atoms with Gasteiger partial charge in [-0.2, -0.15) is 45.3 Å². The van der Waals surface area contributed by atoms with Crippen LogP contribution in [0.2, 0.25) is 26.2 Å². The van der Waals surface area contributed by atoms with E-state index in [0.717, 1.165) is 0 Å². The van der Waals surface area contributed by atoms with Gasteiger partial charge in [0.2, 0.25) is 0 Å². The molecule has 4 heterocycles. The first kappa shape index (κ1) is 53.8. The van der Waals surface area contributed by atoms with Gasteiger partial charge in [-0.05, 0) is 41.0 Å². The third-order valence-electron chi connectivity index (χ3n) is 9.69. The second-order valence-electron chi connectivity index (χ2n) is 15.4. The van der Waals surface area contributed by atoms with Gasteiger partial charge in [-0.3, -0.25) is 0 Å². The van der Waals surface area contributed by atoms with Crippen molar-refractivity contribution in [2.75, 3.05) is 0 Å². The predicted molar refractivity (Wildman–Crippen MR) is 286 cm³/mol. The summed E-state index contributed by atoms with van der Waals surface area (Å²) in [4.78, 5) is 5.39. The van der Waals surface area contributed by atoms with Crippen molar-refractivity contribution in [3.05, 3.63) is 216 Å². The molecule has 0 aliphatic carbocycles. The molecule has 66 heavy (non-hydrogen) atoms. The number of benzene rings is 4. The Labute approximate surface area is 449 Å². The summed E-state index contributed by atoms with van der Waals surface area (Å²) < 4.78 is 0. The van der Waals surface area contributed by atoms with Crippen LogP contribution in [0, 0.1) is 0 Å². The minimum Gasteiger partial charge on any atom is -1.00 e. The Morgan fingerprint density at radius 3 is 0.682 bits per heavy atom. The smallest absolute Gasteiger partial charge is 0.0174 e. The normalized spacial score (nSPS) is 10.1. The molecule has 0 fully saturated rings. The van der Waals surface area contributed by atoms with Crippen LogP contribution in [0.3, 0.4) is 0 Å². The van der Waals surface area contributed by atoms with Crippen LogP contribution in [-0.4, -0.2) is 10.9 Å². The Bertz CT molecular complexity index is 2690. The van der Waals surface area contributed by atoms with Crippen LogP contribution in [-0.2, 0) is 46.7 Å². The molecule has 328 valence electrons. The number of hydrogen-bond donors (Lipinski definition) is 0. The molecule has 0 unspecified atom stereocenters. The van der Waals surface area contributed by atoms with Gasteiger partial charge in [0.15, 0.2) is 0 Å². The minimum atomic E-state index is 0. The molecule has 0 aliphatic rings. The van der Waals surface area contributed by atoms with Crippen LogP contribution in [0.5, 0.6) is 0 Å². The number of rotatable bonds is 4. The second-order valence-corrected chi connectivity index (χ2v) is 37.9. The van der Waals surface area contributed by atoms with Crippen molar-refractivity contribution in [1.82, 2.24) is 0 Å². The molecule has 10 heteroatoms. The third kappa shape index (κ3) is 16.0. The van der Waals surface area contributed by atoms with E-state index < -0.39 is 0 Å². The van der Waals surface area contributed by atoms with Gasteiger partial charge >= 0.3 is 83.7 Å². The van der Waals surface area contributed by atoms with Crippen molar-refractivity contribution < 1.29 is 71.5 Å². The molecule has 0 atom stereocenters. The Hall–Kier alpha value is -3.10. The molecule has 0 spiro atoms. The van der Waals surface area contributed by atoms with E-state index in [4.69, 9.17) is 0 Å². The Balaban J connectivity index is 0.000000155. The maximum absolute atomic E-state index is 2.31. The third-order valence-corrected chi connectivity index (χ3v) is 13.4. The molecule has 0 bridgehead atoms. The first-order valence-electron chi connectivity index (χ1n) is 21.0. The first-order valence-corrected chi connectivity index (χ1v) is 36.9. The maximum atomic E-state index is 2.31. The van der Waals surface area contributed by atoms with Gasteiger partial charge in [-0.15, -0.1) is 138 Å². The molecule has 0 N–H and O–H groups in total. The van der Waals surface area contributed by atoms with E-state index in [1.807, 2.05) is 0 Å². The zero-order valence-corrected chi connectivity index (χ0v) is 48.9. The average molecular weight is 1160 g/mol. The molecule has 0 radical (unpaired) electrons. The number of halogens is 2. The summed E-state index contributed by atoms with van der Waals surface area (Å²) in [5, 5.41) is 19.1. The summed E-state index contributed by atoms with van der Waals surface area (Å²) in [5.41, 5.74) is 5.76. The molecule has 0 aliphatic heterocycles. The van der Waals surface area contributed by atoms with Gasteiger partial charge in [-0.1, -0.05) is 121 Å². The fraction of sp³-hybridized carbons (Fsp3) is 0.0714. The quantitative estimate of drug-likeness (QED) is 0.122. The van der Waals surface area contributed by atoms with E-state index in [9.17, 15) is 0 Å². The van der Waals surface area contributed by atoms with Crippen molar-refractivity contribution in [2.45, 2.75) is 26.2 Å². The SMILES string of the molecule is C[Si](C)=[Zr+2].C[Si](C)=[Zr+2].[Cl-].[Cl-].c1csc(-c2cc3ccccc3[cH-]2)c1.c1csc(-c2cc3ccccc3[cH-]2)c1.c1csc(-c2cc3ccccc3[cH-]2)c1.c1csc(-c2cc3ccccc3[cH-]2)c1. The van der Waals surface area contributed by atoms with E-state index in [1.54, 1.807) is 92.0 Å². The topological polar surface area (TPSA) is 0 Å². The fourth-order valence-corrected chi connectivity index (χ4v) is 9.80. The molecular formula is C56H48Cl2S4Si2Zr2-2. The summed E-state index contributed by atoms with van der Waals surface area (Å²) in [7, 11) is 0. The van der Waals surface area contributed by atoms with Gasteiger partial charge in [0.05, 0.1) is 0 Å². The monoisotopic (exact) mass is 1150 g/mol. The van der Waals surface area contributed by atoms with Crippen LogP contribution in [0.4, 0.5) is 0 Å². The number of hydrogen-bond acceptors (Lipinski definition) is 4. The molecule has 8 aromatic carbocycles. The Morgan fingerprint density at radius 1 is 0.318 bits per heavy atom. The van der Waals surface area contributed by atoms with Crippen LogP contribution in [0.15, 0.2) is 216 Å². The van der Waals surface area contributed by atoms with Crippen LogP contribution < -0.4 is 24.8 Å². The summed E-state index contributed by atoms with van der Waals surface area (Å²) in [6, 6.07) is 69.0. The van der Waals surface area contributed by atoms with Gasteiger partial charge in [-0.25, -0.2) is 0 Å². The molecule has 4 aromatic heterocycles. The van der Waals surface area contributed by atoms with E-state index in [-0.39, 0.29) is 35.7 Å². The van der Waals surface area contributed by atoms with E-state index >= 15 is 0 Å². The van der Waals surface area contributed by atoms with Gasteiger partial charge < -0.3 is 24.8 Å². The molecule has 0 amide bonds. The van der Waals surface area contributed by atoms with Crippen LogP contribution >= 0.6 is 45.3 Å². The number of fused-ring (bicyclic) bond motifs is 4. The van der Waals surface area contributed by atoms with Crippen molar-refractivity contribution in [3.8, 4) is 41.8 Å². The standard InChI is InChI=1S/4C13H9S.2C2H6Si.2ClH.2Zr/c4*1-2-5-11-9-12(8-10(11)4-1)13-6-3-7-14-13;2*1-3-2;;;;/h4*1-9H;2*1-2H3;2*1H;;/q4*-1;;;;;2*+2/p-2. The molecule has 0 saturated carbocycles. The van der Waals surface area contributed by atoms with Crippen molar-refractivity contribution in [2.24, 2.45) is 0 Å². The zero-order chi connectivity index (χ0) is 44.7. The molecule has 12 aromatic rings. The van der Waals surface area contributed by atoms with Crippen LogP contribution in [0.25, 0.3) is 84.9 Å². The molecular weight excluding hydrogens is 1110 g/mol.